The largest absolute Gasteiger partial charge is 0.325 e. The van der Waals surface area contributed by atoms with Gasteiger partial charge in [0.25, 0.3) is 0 Å². The van der Waals surface area contributed by atoms with E-state index in [2.05, 4.69) is 15.5 Å². The Labute approximate surface area is 93.2 Å². The molecule has 1 fully saturated rings. The number of urea groups is 1. The molecular weight excluding hydrogens is 206 g/mol. The molecule has 1 aliphatic rings. The molecule has 0 aromatic carbocycles. The third-order valence-corrected chi connectivity index (χ3v) is 2.63. The van der Waals surface area contributed by atoms with Gasteiger partial charge < -0.3 is 4.90 Å². The molecule has 0 saturated carbocycles. The molecule has 0 spiro atoms. The third kappa shape index (κ3) is 2.14. The van der Waals surface area contributed by atoms with E-state index >= 15 is 0 Å². The molecule has 1 aliphatic heterocycles. The SMILES string of the molecule is N#Cc1cn[nH]c1NC(=O)N1CCCCC1. The molecule has 0 aliphatic carbocycles. The Bertz CT molecular complexity index is 413. The van der Waals surface area contributed by atoms with E-state index < -0.39 is 0 Å². The van der Waals surface area contributed by atoms with E-state index in [0.717, 1.165) is 25.9 Å². The molecule has 0 bridgehead atoms. The van der Waals surface area contributed by atoms with E-state index in [-0.39, 0.29) is 6.03 Å². The second-order valence-electron chi connectivity index (χ2n) is 3.75. The predicted octanol–water partition coefficient (Wildman–Crippen LogP) is 1.30. The lowest BCUT2D eigenvalue weighted by atomic mass is 10.1. The van der Waals surface area contributed by atoms with E-state index in [1.54, 1.807) is 4.90 Å². The number of anilines is 1. The number of likely N-dealkylation sites (tertiary alicyclic amines) is 1. The van der Waals surface area contributed by atoms with Crippen molar-refractivity contribution in [3.8, 4) is 6.07 Å². The molecule has 1 aromatic rings. The normalized spacial score (nSPS) is 15.6. The van der Waals surface area contributed by atoms with E-state index in [1.165, 1.54) is 12.6 Å². The maximum atomic E-state index is 11.8. The standard InChI is InChI=1S/C10H13N5O/c11-6-8-7-12-14-9(8)13-10(16)15-4-2-1-3-5-15/h7H,1-5H2,(H2,12,13,14,16). The van der Waals surface area contributed by atoms with Gasteiger partial charge in [0.2, 0.25) is 0 Å². The summed E-state index contributed by atoms with van der Waals surface area (Å²) in [6.07, 6.45) is 4.66. The van der Waals surface area contributed by atoms with Crippen molar-refractivity contribution in [3.63, 3.8) is 0 Å². The predicted molar refractivity (Wildman–Crippen MR) is 57.7 cm³/mol. The van der Waals surface area contributed by atoms with Gasteiger partial charge in [-0.15, -0.1) is 0 Å². The van der Waals surface area contributed by atoms with Gasteiger partial charge in [-0.25, -0.2) is 4.79 Å². The Morgan fingerprint density at radius 2 is 2.25 bits per heavy atom. The summed E-state index contributed by atoms with van der Waals surface area (Å²) >= 11 is 0. The minimum atomic E-state index is -0.166. The number of rotatable bonds is 1. The second-order valence-corrected chi connectivity index (χ2v) is 3.75. The van der Waals surface area contributed by atoms with Crippen LogP contribution >= 0.6 is 0 Å². The van der Waals surface area contributed by atoms with Crippen molar-refractivity contribution in [1.82, 2.24) is 15.1 Å². The van der Waals surface area contributed by atoms with Crippen molar-refractivity contribution < 1.29 is 4.79 Å². The van der Waals surface area contributed by atoms with Gasteiger partial charge in [-0.2, -0.15) is 10.4 Å². The Hall–Kier alpha value is -2.03. The first-order chi connectivity index (χ1) is 7.81. The van der Waals surface area contributed by atoms with Gasteiger partial charge in [0.15, 0.2) is 0 Å². The first-order valence-corrected chi connectivity index (χ1v) is 5.30. The Balaban J connectivity index is 1.99. The Kier molecular flexibility index (Phi) is 3.05. The van der Waals surface area contributed by atoms with Crippen LogP contribution in [0.2, 0.25) is 0 Å². The maximum absolute atomic E-state index is 11.8. The number of amides is 2. The number of carbonyl (C=O) groups is 1. The molecule has 16 heavy (non-hydrogen) atoms. The molecule has 6 heteroatoms. The van der Waals surface area contributed by atoms with Crippen LogP contribution in [-0.4, -0.2) is 34.2 Å². The molecule has 0 atom stereocenters. The minimum Gasteiger partial charge on any atom is -0.325 e. The van der Waals surface area contributed by atoms with Crippen molar-refractivity contribution in [3.05, 3.63) is 11.8 Å². The quantitative estimate of drug-likeness (QED) is 0.746. The summed E-state index contributed by atoms with van der Waals surface area (Å²) in [4.78, 5) is 13.5. The van der Waals surface area contributed by atoms with Crippen LogP contribution in [0.25, 0.3) is 0 Å². The van der Waals surface area contributed by atoms with Crippen LogP contribution in [0.15, 0.2) is 6.20 Å². The van der Waals surface area contributed by atoms with Crippen molar-refractivity contribution in [2.75, 3.05) is 18.4 Å². The lowest BCUT2D eigenvalue weighted by molar-refractivity contribution is 0.200. The number of aromatic amines is 1. The number of hydrogen-bond donors (Lipinski definition) is 2. The zero-order chi connectivity index (χ0) is 11.4. The summed E-state index contributed by atoms with van der Waals surface area (Å²) in [5.41, 5.74) is 0.352. The highest BCUT2D eigenvalue weighted by atomic mass is 16.2. The van der Waals surface area contributed by atoms with Crippen LogP contribution in [0.5, 0.6) is 0 Å². The number of H-pyrrole nitrogens is 1. The number of carbonyl (C=O) groups excluding carboxylic acids is 1. The third-order valence-electron chi connectivity index (χ3n) is 2.63. The smallest absolute Gasteiger partial charge is 0.323 e. The van der Waals surface area contributed by atoms with Gasteiger partial charge in [-0.3, -0.25) is 10.4 Å². The lowest BCUT2D eigenvalue weighted by Crippen LogP contribution is -2.38. The van der Waals surface area contributed by atoms with Gasteiger partial charge in [0.05, 0.1) is 6.20 Å². The molecule has 1 saturated heterocycles. The zero-order valence-electron chi connectivity index (χ0n) is 8.86. The van der Waals surface area contributed by atoms with Crippen molar-refractivity contribution >= 4 is 11.8 Å². The van der Waals surface area contributed by atoms with E-state index in [0.29, 0.717) is 11.4 Å². The Morgan fingerprint density at radius 3 is 2.94 bits per heavy atom. The van der Waals surface area contributed by atoms with Crippen LogP contribution in [-0.2, 0) is 0 Å². The van der Waals surface area contributed by atoms with E-state index in [9.17, 15) is 4.79 Å². The summed E-state index contributed by atoms with van der Waals surface area (Å²) in [6, 6.07) is 1.79. The molecule has 84 valence electrons. The average Bonchev–Trinajstić information content (AvgIpc) is 2.77. The maximum Gasteiger partial charge on any atom is 0.323 e. The molecule has 2 amide bonds. The van der Waals surface area contributed by atoms with E-state index in [4.69, 9.17) is 5.26 Å². The number of nitriles is 1. The average molecular weight is 219 g/mol. The molecule has 2 N–H and O–H groups in total. The highest BCUT2D eigenvalue weighted by molar-refractivity contribution is 5.89. The summed E-state index contributed by atoms with van der Waals surface area (Å²) in [7, 11) is 0. The molecule has 2 rings (SSSR count). The van der Waals surface area contributed by atoms with Gasteiger partial charge in [-0.05, 0) is 19.3 Å². The number of piperidine rings is 1. The molecule has 0 unspecified atom stereocenters. The number of nitrogens with one attached hydrogen (secondary N) is 2. The highest BCUT2D eigenvalue weighted by Crippen LogP contribution is 2.13. The summed E-state index contributed by atoms with van der Waals surface area (Å²) in [5.74, 6) is 0.373. The number of nitrogens with zero attached hydrogens (tertiary/aromatic N) is 3. The van der Waals surface area contributed by atoms with Gasteiger partial charge >= 0.3 is 6.03 Å². The molecule has 1 aromatic heterocycles. The molecular formula is C10H13N5O. The summed E-state index contributed by atoms with van der Waals surface area (Å²) < 4.78 is 0. The summed E-state index contributed by atoms with van der Waals surface area (Å²) in [5, 5.41) is 17.7. The second kappa shape index (κ2) is 4.66. The van der Waals surface area contributed by atoms with Crippen molar-refractivity contribution in [2.45, 2.75) is 19.3 Å². The van der Waals surface area contributed by atoms with Crippen LogP contribution in [0.4, 0.5) is 10.6 Å². The topological polar surface area (TPSA) is 84.8 Å². The van der Waals surface area contributed by atoms with Crippen LogP contribution in [0, 0.1) is 11.3 Å². The van der Waals surface area contributed by atoms with Crippen LogP contribution < -0.4 is 5.32 Å². The molecule has 2 heterocycles. The molecule has 6 nitrogen and oxygen atoms in total. The fraction of sp³-hybridized carbons (Fsp3) is 0.500. The summed E-state index contributed by atoms with van der Waals surface area (Å²) in [6.45, 7) is 1.56. The first-order valence-electron chi connectivity index (χ1n) is 5.30. The highest BCUT2D eigenvalue weighted by Gasteiger charge is 2.17. The van der Waals surface area contributed by atoms with Crippen LogP contribution in [0.3, 0.4) is 0 Å². The first kappa shape index (κ1) is 10.5. The minimum absolute atomic E-state index is 0.166. The van der Waals surface area contributed by atoms with Crippen molar-refractivity contribution in [2.24, 2.45) is 0 Å². The zero-order valence-corrected chi connectivity index (χ0v) is 8.86. The number of hydrogen-bond acceptors (Lipinski definition) is 3. The van der Waals surface area contributed by atoms with Gasteiger partial charge in [0.1, 0.15) is 17.5 Å². The fourth-order valence-electron chi connectivity index (χ4n) is 1.75. The van der Waals surface area contributed by atoms with Crippen molar-refractivity contribution in [1.29, 1.82) is 5.26 Å². The lowest BCUT2D eigenvalue weighted by Gasteiger charge is -2.26. The number of aromatic nitrogens is 2. The molecule has 0 radical (unpaired) electrons. The van der Waals surface area contributed by atoms with Crippen LogP contribution in [0.1, 0.15) is 24.8 Å². The Morgan fingerprint density at radius 1 is 1.50 bits per heavy atom. The van der Waals surface area contributed by atoms with Gasteiger partial charge in [-0.1, -0.05) is 0 Å². The van der Waals surface area contributed by atoms with E-state index in [1.807, 2.05) is 6.07 Å². The van der Waals surface area contributed by atoms with Gasteiger partial charge in [0, 0.05) is 13.1 Å². The fourth-order valence-corrected chi connectivity index (χ4v) is 1.75. The monoisotopic (exact) mass is 219 g/mol.